The van der Waals surface area contributed by atoms with Gasteiger partial charge in [-0.05, 0) is 82.0 Å². The first kappa shape index (κ1) is 13.1. The molecule has 0 aromatic rings. The van der Waals surface area contributed by atoms with Crippen molar-refractivity contribution in [2.24, 2.45) is 23.2 Å². The second kappa shape index (κ2) is 4.72. The molecular formula is C17H27NO2. The summed E-state index contributed by atoms with van der Waals surface area (Å²) in [6, 6.07) is 0.318. The van der Waals surface area contributed by atoms with E-state index in [9.17, 15) is 9.90 Å². The lowest BCUT2D eigenvalue weighted by atomic mass is 9.49. The highest BCUT2D eigenvalue weighted by molar-refractivity contribution is 5.83. The molecule has 0 atom stereocenters. The molecule has 0 spiro atoms. The molecule has 1 amide bonds. The molecule has 5 rings (SSSR count). The van der Waals surface area contributed by atoms with Crippen molar-refractivity contribution in [3.05, 3.63) is 0 Å². The van der Waals surface area contributed by atoms with Gasteiger partial charge in [-0.1, -0.05) is 0 Å². The van der Waals surface area contributed by atoms with Crippen molar-refractivity contribution in [2.45, 2.75) is 76.4 Å². The van der Waals surface area contributed by atoms with Crippen LogP contribution in [0.25, 0.3) is 0 Å². The number of carbonyl (C=O) groups is 1. The summed E-state index contributed by atoms with van der Waals surface area (Å²) in [5.41, 5.74) is -0.00911. The highest BCUT2D eigenvalue weighted by Gasteiger charge is 2.54. The number of amides is 1. The number of hydrogen-bond donors (Lipinski definition) is 2. The summed E-state index contributed by atoms with van der Waals surface area (Å²) in [4.78, 5) is 12.9. The SMILES string of the molecule is O=C(N[C@H]1CC[C@@H](O)CC1)C12CC3CC(CC(C3)C1)C2. The van der Waals surface area contributed by atoms with Crippen molar-refractivity contribution in [1.82, 2.24) is 5.32 Å². The van der Waals surface area contributed by atoms with Crippen LogP contribution in [0.5, 0.6) is 0 Å². The van der Waals surface area contributed by atoms with Gasteiger partial charge in [-0.2, -0.15) is 0 Å². The second-order valence-electron chi connectivity index (χ2n) is 8.18. The lowest BCUT2D eigenvalue weighted by Gasteiger charge is -2.56. The molecule has 5 fully saturated rings. The third kappa shape index (κ3) is 2.18. The molecule has 3 nitrogen and oxygen atoms in total. The number of aliphatic hydroxyl groups is 1. The van der Waals surface area contributed by atoms with Crippen molar-refractivity contribution in [3.8, 4) is 0 Å². The zero-order valence-corrected chi connectivity index (χ0v) is 12.3. The van der Waals surface area contributed by atoms with Crippen LogP contribution in [0.2, 0.25) is 0 Å². The van der Waals surface area contributed by atoms with Gasteiger partial charge >= 0.3 is 0 Å². The molecule has 5 saturated carbocycles. The Morgan fingerprint density at radius 2 is 1.40 bits per heavy atom. The lowest BCUT2D eigenvalue weighted by molar-refractivity contribution is -0.147. The Kier molecular flexibility index (Phi) is 3.10. The van der Waals surface area contributed by atoms with E-state index in [0.29, 0.717) is 11.9 Å². The van der Waals surface area contributed by atoms with Gasteiger partial charge in [0, 0.05) is 11.5 Å². The first-order valence-electron chi connectivity index (χ1n) is 8.62. The smallest absolute Gasteiger partial charge is 0.226 e. The van der Waals surface area contributed by atoms with E-state index in [1.165, 1.54) is 19.3 Å². The maximum absolute atomic E-state index is 12.9. The van der Waals surface area contributed by atoms with Gasteiger partial charge in [-0.3, -0.25) is 4.79 Å². The van der Waals surface area contributed by atoms with Crippen LogP contribution < -0.4 is 5.32 Å². The predicted octanol–water partition coefficient (Wildman–Crippen LogP) is 2.62. The van der Waals surface area contributed by atoms with Gasteiger partial charge in [-0.25, -0.2) is 0 Å². The number of rotatable bonds is 2. The van der Waals surface area contributed by atoms with Crippen molar-refractivity contribution in [3.63, 3.8) is 0 Å². The normalized spacial score (nSPS) is 50.1. The largest absolute Gasteiger partial charge is 0.393 e. The van der Waals surface area contributed by atoms with Gasteiger partial charge in [-0.15, -0.1) is 0 Å². The number of hydrogen-bond acceptors (Lipinski definition) is 2. The van der Waals surface area contributed by atoms with Crippen molar-refractivity contribution in [2.75, 3.05) is 0 Å². The third-order valence-corrected chi connectivity index (χ3v) is 6.55. The van der Waals surface area contributed by atoms with Crippen LogP contribution in [-0.2, 0) is 4.79 Å². The Labute approximate surface area is 121 Å². The second-order valence-corrected chi connectivity index (χ2v) is 8.18. The Morgan fingerprint density at radius 3 is 1.90 bits per heavy atom. The van der Waals surface area contributed by atoms with Crippen LogP contribution in [0.4, 0.5) is 0 Å². The van der Waals surface area contributed by atoms with E-state index in [4.69, 9.17) is 0 Å². The monoisotopic (exact) mass is 277 g/mol. The summed E-state index contributed by atoms with van der Waals surface area (Å²) >= 11 is 0. The third-order valence-electron chi connectivity index (χ3n) is 6.55. The molecule has 2 N–H and O–H groups in total. The van der Waals surface area contributed by atoms with E-state index in [2.05, 4.69) is 5.32 Å². The molecule has 20 heavy (non-hydrogen) atoms. The maximum atomic E-state index is 12.9. The zero-order valence-electron chi connectivity index (χ0n) is 12.3. The quantitative estimate of drug-likeness (QED) is 0.815. The van der Waals surface area contributed by atoms with Gasteiger partial charge in [0.25, 0.3) is 0 Å². The minimum absolute atomic E-state index is 0.00911. The van der Waals surface area contributed by atoms with Crippen LogP contribution in [0, 0.1) is 23.2 Å². The molecule has 0 unspecified atom stereocenters. The number of carbonyl (C=O) groups excluding carboxylic acids is 1. The molecule has 5 aliphatic carbocycles. The summed E-state index contributed by atoms with van der Waals surface area (Å²) in [5, 5.41) is 12.9. The summed E-state index contributed by atoms with van der Waals surface area (Å²) in [7, 11) is 0. The molecule has 0 aromatic carbocycles. The Bertz CT molecular complexity index is 363. The van der Waals surface area contributed by atoms with Crippen LogP contribution in [0.15, 0.2) is 0 Å². The molecule has 0 aliphatic heterocycles. The maximum Gasteiger partial charge on any atom is 0.226 e. The van der Waals surface area contributed by atoms with Gasteiger partial charge in [0.15, 0.2) is 0 Å². The highest BCUT2D eigenvalue weighted by Crippen LogP contribution is 2.60. The summed E-state index contributed by atoms with van der Waals surface area (Å²) in [6.07, 6.45) is 11.1. The van der Waals surface area contributed by atoms with E-state index in [-0.39, 0.29) is 11.5 Å². The molecule has 5 aliphatic rings. The molecule has 0 radical (unpaired) electrons. The van der Waals surface area contributed by atoms with E-state index in [1.807, 2.05) is 0 Å². The van der Waals surface area contributed by atoms with E-state index >= 15 is 0 Å². The van der Waals surface area contributed by atoms with Crippen molar-refractivity contribution < 1.29 is 9.90 Å². The fourth-order valence-electron chi connectivity index (χ4n) is 5.95. The fourth-order valence-corrected chi connectivity index (χ4v) is 5.95. The zero-order chi connectivity index (χ0) is 13.7. The Hall–Kier alpha value is -0.570. The fraction of sp³-hybridized carbons (Fsp3) is 0.941. The van der Waals surface area contributed by atoms with Crippen molar-refractivity contribution >= 4 is 5.91 Å². The van der Waals surface area contributed by atoms with E-state index < -0.39 is 0 Å². The number of aliphatic hydroxyl groups excluding tert-OH is 1. The minimum Gasteiger partial charge on any atom is -0.393 e. The summed E-state index contributed by atoms with van der Waals surface area (Å²) < 4.78 is 0. The first-order valence-corrected chi connectivity index (χ1v) is 8.62. The van der Waals surface area contributed by atoms with Crippen LogP contribution in [-0.4, -0.2) is 23.2 Å². The molecule has 0 saturated heterocycles. The Balaban J connectivity index is 1.43. The highest BCUT2D eigenvalue weighted by atomic mass is 16.3. The summed E-state index contributed by atoms with van der Waals surface area (Å²) in [5.74, 6) is 2.86. The van der Waals surface area contributed by atoms with Gasteiger partial charge in [0.2, 0.25) is 5.91 Å². The molecular weight excluding hydrogens is 250 g/mol. The van der Waals surface area contributed by atoms with Crippen LogP contribution in [0.3, 0.4) is 0 Å². The van der Waals surface area contributed by atoms with E-state index in [0.717, 1.165) is 62.7 Å². The first-order chi connectivity index (χ1) is 9.63. The average Bonchev–Trinajstić information content (AvgIpc) is 2.40. The van der Waals surface area contributed by atoms with Gasteiger partial charge < -0.3 is 10.4 Å². The predicted molar refractivity (Wildman–Crippen MR) is 77.0 cm³/mol. The molecule has 3 heteroatoms. The van der Waals surface area contributed by atoms with Crippen LogP contribution in [0.1, 0.15) is 64.2 Å². The molecule has 0 heterocycles. The van der Waals surface area contributed by atoms with Crippen molar-refractivity contribution in [1.29, 1.82) is 0 Å². The molecule has 4 bridgehead atoms. The standard InChI is InChI=1S/C17H27NO2/c19-15-3-1-14(2-4-15)18-16(20)17-8-11-5-12(9-17)7-13(6-11)10-17/h11-15,19H,1-10H2,(H,18,20)/t11?,12?,13?,14-,15+,17?. The number of nitrogens with one attached hydrogen (secondary N) is 1. The van der Waals surface area contributed by atoms with Crippen LogP contribution >= 0.6 is 0 Å². The lowest BCUT2D eigenvalue weighted by Crippen LogP contribution is -2.55. The van der Waals surface area contributed by atoms with Gasteiger partial charge in [0.05, 0.1) is 6.10 Å². The van der Waals surface area contributed by atoms with Gasteiger partial charge in [0.1, 0.15) is 0 Å². The molecule has 0 aromatic heterocycles. The average molecular weight is 277 g/mol. The van der Waals surface area contributed by atoms with E-state index in [1.54, 1.807) is 0 Å². The topological polar surface area (TPSA) is 49.3 Å². The Morgan fingerprint density at radius 1 is 0.900 bits per heavy atom. The molecule has 112 valence electrons. The summed E-state index contributed by atoms with van der Waals surface area (Å²) in [6.45, 7) is 0. The minimum atomic E-state index is -0.136.